The number of imidazole rings is 1. The Bertz CT molecular complexity index is 959. The first-order chi connectivity index (χ1) is 11.8. The third-order valence-electron chi connectivity index (χ3n) is 3.95. The van der Waals surface area contributed by atoms with Gasteiger partial charge in [-0.2, -0.15) is 0 Å². The molecule has 0 atom stereocenters. The molecule has 0 spiro atoms. The summed E-state index contributed by atoms with van der Waals surface area (Å²) in [6.07, 6.45) is 1.97. The Kier molecular flexibility index (Phi) is 3.71. The molecule has 0 aliphatic heterocycles. The highest BCUT2D eigenvalue weighted by Gasteiger charge is 2.13. The zero-order valence-corrected chi connectivity index (χ0v) is 13.0. The lowest BCUT2D eigenvalue weighted by Crippen LogP contribution is -2.03. The standard InChI is InChI=1S/C20H16FN3/c21-17-11-9-16(10-12-17)19-20(22-14-15-6-2-1-3-7-15)24-13-5-4-8-18(24)23-19/h1-13,22H,14H2. The Morgan fingerprint density at radius 1 is 0.875 bits per heavy atom. The minimum absolute atomic E-state index is 0.249. The molecular formula is C20H16FN3. The van der Waals surface area contributed by atoms with Crippen molar-refractivity contribution >= 4 is 11.5 Å². The van der Waals surface area contributed by atoms with Crippen LogP contribution in [0.25, 0.3) is 16.9 Å². The van der Waals surface area contributed by atoms with Crippen LogP contribution in [0.4, 0.5) is 10.2 Å². The largest absolute Gasteiger partial charge is 0.365 e. The SMILES string of the molecule is Fc1ccc(-c2nc3ccccn3c2NCc2ccccc2)cc1. The Labute approximate surface area is 139 Å². The highest BCUT2D eigenvalue weighted by atomic mass is 19.1. The van der Waals surface area contributed by atoms with Gasteiger partial charge in [-0.05, 0) is 42.0 Å². The lowest BCUT2D eigenvalue weighted by atomic mass is 10.1. The van der Waals surface area contributed by atoms with E-state index in [1.807, 2.05) is 47.0 Å². The molecule has 3 nitrogen and oxygen atoms in total. The predicted octanol–water partition coefficient (Wildman–Crippen LogP) is 4.75. The van der Waals surface area contributed by atoms with Crippen molar-refractivity contribution in [1.82, 2.24) is 9.38 Å². The van der Waals surface area contributed by atoms with Crippen molar-refractivity contribution in [3.05, 3.63) is 90.4 Å². The van der Waals surface area contributed by atoms with Crippen LogP contribution < -0.4 is 5.32 Å². The fraction of sp³-hybridized carbons (Fsp3) is 0.0500. The van der Waals surface area contributed by atoms with Gasteiger partial charge in [-0.15, -0.1) is 0 Å². The van der Waals surface area contributed by atoms with E-state index in [-0.39, 0.29) is 5.82 Å². The van der Waals surface area contributed by atoms with E-state index in [0.717, 1.165) is 22.7 Å². The van der Waals surface area contributed by atoms with Crippen LogP contribution in [0.1, 0.15) is 5.56 Å². The van der Waals surface area contributed by atoms with Gasteiger partial charge in [0.15, 0.2) is 0 Å². The molecule has 118 valence electrons. The quantitative estimate of drug-likeness (QED) is 0.588. The van der Waals surface area contributed by atoms with E-state index in [1.54, 1.807) is 12.1 Å². The highest BCUT2D eigenvalue weighted by molar-refractivity contribution is 5.76. The van der Waals surface area contributed by atoms with Gasteiger partial charge in [-0.1, -0.05) is 36.4 Å². The molecule has 0 aliphatic rings. The maximum atomic E-state index is 13.2. The molecule has 24 heavy (non-hydrogen) atoms. The summed E-state index contributed by atoms with van der Waals surface area (Å²) in [6, 6.07) is 22.5. The average molecular weight is 317 g/mol. The summed E-state index contributed by atoms with van der Waals surface area (Å²) >= 11 is 0. The number of nitrogens with one attached hydrogen (secondary N) is 1. The zero-order valence-electron chi connectivity index (χ0n) is 13.0. The molecule has 0 radical (unpaired) electrons. The molecule has 1 N–H and O–H groups in total. The second-order valence-corrected chi connectivity index (χ2v) is 5.58. The van der Waals surface area contributed by atoms with Gasteiger partial charge in [-0.3, -0.25) is 4.40 Å². The van der Waals surface area contributed by atoms with E-state index in [4.69, 9.17) is 4.98 Å². The Balaban J connectivity index is 1.77. The predicted molar refractivity (Wildman–Crippen MR) is 94.4 cm³/mol. The van der Waals surface area contributed by atoms with Gasteiger partial charge < -0.3 is 5.32 Å². The number of fused-ring (bicyclic) bond motifs is 1. The molecule has 0 saturated heterocycles. The molecule has 4 aromatic rings. The van der Waals surface area contributed by atoms with Gasteiger partial charge in [0.05, 0.1) is 0 Å². The van der Waals surface area contributed by atoms with Crippen molar-refractivity contribution in [2.24, 2.45) is 0 Å². The summed E-state index contributed by atoms with van der Waals surface area (Å²) in [5.41, 5.74) is 3.74. The van der Waals surface area contributed by atoms with Gasteiger partial charge in [0.2, 0.25) is 0 Å². The number of benzene rings is 2. The molecular weight excluding hydrogens is 301 g/mol. The highest BCUT2D eigenvalue weighted by Crippen LogP contribution is 2.29. The Morgan fingerprint density at radius 2 is 1.62 bits per heavy atom. The maximum absolute atomic E-state index is 13.2. The van der Waals surface area contributed by atoms with Crippen molar-refractivity contribution in [2.75, 3.05) is 5.32 Å². The Morgan fingerprint density at radius 3 is 2.42 bits per heavy atom. The van der Waals surface area contributed by atoms with Gasteiger partial charge >= 0.3 is 0 Å². The molecule has 0 aliphatic carbocycles. The lowest BCUT2D eigenvalue weighted by molar-refractivity contribution is 0.628. The third kappa shape index (κ3) is 2.74. The molecule has 0 unspecified atom stereocenters. The summed E-state index contributed by atoms with van der Waals surface area (Å²) < 4.78 is 15.3. The van der Waals surface area contributed by atoms with Crippen LogP contribution >= 0.6 is 0 Å². The minimum Gasteiger partial charge on any atom is -0.365 e. The average Bonchev–Trinajstić information content (AvgIpc) is 3.00. The molecule has 2 aromatic carbocycles. The summed E-state index contributed by atoms with van der Waals surface area (Å²) in [7, 11) is 0. The lowest BCUT2D eigenvalue weighted by Gasteiger charge is -2.09. The van der Waals surface area contributed by atoms with Gasteiger partial charge in [-0.25, -0.2) is 9.37 Å². The molecule has 4 rings (SSSR count). The van der Waals surface area contributed by atoms with Gasteiger partial charge in [0, 0.05) is 18.3 Å². The topological polar surface area (TPSA) is 29.3 Å². The van der Waals surface area contributed by atoms with E-state index in [0.29, 0.717) is 6.54 Å². The van der Waals surface area contributed by atoms with E-state index in [2.05, 4.69) is 17.4 Å². The first-order valence-electron chi connectivity index (χ1n) is 7.82. The van der Waals surface area contributed by atoms with Crippen molar-refractivity contribution in [3.8, 4) is 11.3 Å². The summed E-state index contributed by atoms with van der Waals surface area (Å²) in [5, 5.41) is 3.47. The van der Waals surface area contributed by atoms with Crippen molar-refractivity contribution in [1.29, 1.82) is 0 Å². The van der Waals surface area contributed by atoms with Crippen LogP contribution in [0.5, 0.6) is 0 Å². The van der Waals surface area contributed by atoms with Crippen LogP contribution in [0.15, 0.2) is 79.0 Å². The smallest absolute Gasteiger partial charge is 0.139 e. The number of hydrogen-bond donors (Lipinski definition) is 1. The fourth-order valence-electron chi connectivity index (χ4n) is 2.76. The molecule has 4 heteroatoms. The summed E-state index contributed by atoms with van der Waals surface area (Å²) in [6.45, 7) is 0.692. The normalized spacial score (nSPS) is 10.9. The number of pyridine rings is 1. The number of halogens is 1. The second-order valence-electron chi connectivity index (χ2n) is 5.58. The van der Waals surface area contributed by atoms with Crippen molar-refractivity contribution in [2.45, 2.75) is 6.54 Å². The first-order valence-corrected chi connectivity index (χ1v) is 7.82. The fourth-order valence-corrected chi connectivity index (χ4v) is 2.76. The second kappa shape index (κ2) is 6.16. The van der Waals surface area contributed by atoms with Gasteiger partial charge in [0.1, 0.15) is 23.0 Å². The molecule has 0 bridgehead atoms. The number of anilines is 1. The van der Waals surface area contributed by atoms with Crippen LogP contribution in [0.3, 0.4) is 0 Å². The Hall–Kier alpha value is -3.14. The van der Waals surface area contributed by atoms with E-state index < -0.39 is 0 Å². The van der Waals surface area contributed by atoms with E-state index in [9.17, 15) is 4.39 Å². The zero-order chi connectivity index (χ0) is 16.4. The number of hydrogen-bond acceptors (Lipinski definition) is 2. The summed E-state index contributed by atoms with van der Waals surface area (Å²) in [5.74, 6) is 0.655. The van der Waals surface area contributed by atoms with Crippen LogP contribution in [0, 0.1) is 5.82 Å². The minimum atomic E-state index is -0.249. The maximum Gasteiger partial charge on any atom is 0.139 e. The molecule has 0 saturated carbocycles. The monoisotopic (exact) mass is 317 g/mol. The number of rotatable bonds is 4. The number of nitrogens with zero attached hydrogens (tertiary/aromatic N) is 2. The summed E-state index contributed by atoms with van der Waals surface area (Å²) in [4.78, 5) is 4.70. The first kappa shape index (κ1) is 14.5. The molecule has 2 aromatic heterocycles. The van der Waals surface area contributed by atoms with Crippen molar-refractivity contribution in [3.63, 3.8) is 0 Å². The molecule has 0 fully saturated rings. The molecule has 0 amide bonds. The number of aromatic nitrogens is 2. The van der Waals surface area contributed by atoms with Crippen LogP contribution in [0.2, 0.25) is 0 Å². The van der Waals surface area contributed by atoms with E-state index in [1.165, 1.54) is 17.7 Å². The van der Waals surface area contributed by atoms with Crippen molar-refractivity contribution < 1.29 is 4.39 Å². The third-order valence-corrected chi connectivity index (χ3v) is 3.95. The van der Waals surface area contributed by atoms with Crippen LogP contribution in [-0.4, -0.2) is 9.38 Å². The molecule has 2 heterocycles. The van der Waals surface area contributed by atoms with Gasteiger partial charge in [0.25, 0.3) is 0 Å². The van der Waals surface area contributed by atoms with E-state index >= 15 is 0 Å². The van der Waals surface area contributed by atoms with Crippen LogP contribution in [-0.2, 0) is 6.54 Å².